The van der Waals surface area contributed by atoms with E-state index in [0.29, 0.717) is 51.3 Å². The highest BCUT2D eigenvalue weighted by molar-refractivity contribution is 9.10. The number of nitriles is 1. The number of anilines is 2. The summed E-state index contributed by atoms with van der Waals surface area (Å²) in [6, 6.07) is 17.0. The molecule has 0 spiro atoms. The van der Waals surface area contributed by atoms with Crippen molar-refractivity contribution in [3.8, 4) is 11.8 Å². The normalized spacial score (nSPS) is 17.1. The first-order valence-corrected chi connectivity index (χ1v) is 14.6. The number of methoxy groups -OCH3 is 1. The van der Waals surface area contributed by atoms with Gasteiger partial charge in [0.05, 0.1) is 36.1 Å². The van der Waals surface area contributed by atoms with Crippen LogP contribution in [0, 0.1) is 11.3 Å². The summed E-state index contributed by atoms with van der Waals surface area (Å²) in [6.07, 6.45) is 1.65. The van der Waals surface area contributed by atoms with E-state index in [2.05, 4.69) is 37.5 Å². The van der Waals surface area contributed by atoms with Crippen LogP contribution in [0.4, 0.5) is 10.8 Å². The minimum atomic E-state index is -0.632. The third-order valence-corrected chi connectivity index (χ3v) is 9.16. The van der Waals surface area contributed by atoms with Crippen LogP contribution in [0.1, 0.15) is 30.7 Å². The van der Waals surface area contributed by atoms with Crippen LogP contribution in [-0.2, 0) is 9.59 Å². The second-order valence-corrected chi connectivity index (χ2v) is 11.8. The maximum absolute atomic E-state index is 13.3. The molecule has 2 aliphatic rings. The molecule has 1 aliphatic carbocycles. The Hall–Kier alpha value is -3.66. The third-order valence-electron chi connectivity index (χ3n) is 6.42. The Kier molecular flexibility index (Phi) is 8.02. The van der Waals surface area contributed by atoms with Gasteiger partial charge in [-0.1, -0.05) is 53.4 Å². The Balaban J connectivity index is 1.45. The summed E-state index contributed by atoms with van der Waals surface area (Å²) in [5.74, 6) is 0.0782. The predicted molar refractivity (Wildman–Crippen MR) is 154 cm³/mol. The van der Waals surface area contributed by atoms with Crippen LogP contribution in [-0.4, -0.2) is 34.8 Å². The van der Waals surface area contributed by atoms with Gasteiger partial charge in [0, 0.05) is 27.7 Å². The van der Waals surface area contributed by atoms with Gasteiger partial charge in [0.1, 0.15) is 11.6 Å². The average Bonchev–Trinajstić information content (AvgIpc) is 3.41. The smallest absolute Gasteiger partial charge is 0.234 e. The van der Waals surface area contributed by atoms with Crippen molar-refractivity contribution in [2.24, 2.45) is 5.73 Å². The molecule has 198 valence electrons. The molecule has 0 saturated heterocycles. The Morgan fingerprint density at radius 3 is 2.79 bits per heavy atom. The number of aromatic nitrogens is 2. The number of benzene rings is 2. The summed E-state index contributed by atoms with van der Waals surface area (Å²) in [6.45, 7) is 0. The maximum Gasteiger partial charge on any atom is 0.234 e. The van der Waals surface area contributed by atoms with Crippen LogP contribution in [0.2, 0.25) is 0 Å². The molecule has 12 heteroatoms. The summed E-state index contributed by atoms with van der Waals surface area (Å²) in [4.78, 5) is 27.5. The van der Waals surface area contributed by atoms with Crippen LogP contribution in [0.25, 0.3) is 0 Å². The number of nitrogens with one attached hydrogen (secondary N) is 1. The number of carbonyl (C=O) groups is 2. The second kappa shape index (κ2) is 11.6. The molecular weight excluding hydrogens is 600 g/mol. The number of hydrogen-bond acceptors (Lipinski definition) is 10. The van der Waals surface area contributed by atoms with Gasteiger partial charge in [0.2, 0.25) is 11.0 Å². The molecule has 0 radical (unpaired) electrons. The van der Waals surface area contributed by atoms with Crippen molar-refractivity contribution in [3.05, 3.63) is 81.2 Å². The molecule has 2 heterocycles. The zero-order valence-corrected chi connectivity index (χ0v) is 24.0. The molecule has 1 aliphatic heterocycles. The van der Waals surface area contributed by atoms with Crippen molar-refractivity contribution in [2.45, 2.75) is 29.5 Å². The zero-order valence-electron chi connectivity index (χ0n) is 20.8. The highest BCUT2D eigenvalue weighted by Crippen LogP contribution is 2.48. The lowest BCUT2D eigenvalue weighted by atomic mass is 9.75. The highest BCUT2D eigenvalue weighted by atomic mass is 79.9. The summed E-state index contributed by atoms with van der Waals surface area (Å²) >= 11 is 5.92. The number of nitrogens with zero attached hydrogens (tertiary/aromatic N) is 4. The molecule has 0 saturated carbocycles. The molecular formula is C27H23BrN6O3S2. The minimum Gasteiger partial charge on any atom is -0.496 e. The summed E-state index contributed by atoms with van der Waals surface area (Å²) < 4.78 is 6.92. The first kappa shape index (κ1) is 26.9. The summed E-state index contributed by atoms with van der Waals surface area (Å²) in [5, 5.41) is 22.1. The van der Waals surface area contributed by atoms with E-state index in [0.717, 1.165) is 10.2 Å². The van der Waals surface area contributed by atoms with Crippen molar-refractivity contribution in [1.82, 2.24) is 10.2 Å². The largest absolute Gasteiger partial charge is 0.496 e. The Bertz CT molecular complexity index is 1560. The van der Waals surface area contributed by atoms with E-state index in [1.807, 2.05) is 42.5 Å². The van der Waals surface area contributed by atoms with Crippen molar-refractivity contribution in [3.63, 3.8) is 0 Å². The van der Waals surface area contributed by atoms with Crippen LogP contribution < -0.4 is 20.7 Å². The maximum atomic E-state index is 13.3. The summed E-state index contributed by atoms with van der Waals surface area (Å²) in [7, 11) is 1.56. The fourth-order valence-corrected chi connectivity index (χ4v) is 6.81. The monoisotopic (exact) mass is 622 g/mol. The molecule has 1 atom stereocenters. The van der Waals surface area contributed by atoms with E-state index >= 15 is 0 Å². The van der Waals surface area contributed by atoms with Gasteiger partial charge in [-0.2, -0.15) is 5.26 Å². The minimum absolute atomic E-state index is 0.0275. The number of hydrogen-bond donors (Lipinski definition) is 2. The van der Waals surface area contributed by atoms with Crippen molar-refractivity contribution >= 4 is 61.5 Å². The molecule has 5 rings (SSSR count). The van der Waals surface area contributed by atoms with Crippen LogP contribution in [0.3, 0.4) is 0 Å². The van der Waals surface area contributed by atoms with Gasteiger partial charge in [-0.05, 0) is 47.0 Å². The molecule has 39 heavy (non-hydrogen) atoms. The van der Waals surface area contributed by atoms with Gasteiger partial charge in [0.15, 0.2) is 10.1 Å². The SMILES string of the molecule is COc1ccccc1C1C(C#N)=C(N)N(c2nnc(SCC(=O)Nc3ccccc3Br)s2)C2=C1C(=O)CCC2. The summed E-state index contributed by atoms with van der Waals surface area (Å²) in [5.41, 5.74) is 9.54. The van der Waals surface area contributed by atoms with Gasteiger partial charge >= 0.3 is 0 Å². The fraction of sp³-hybridized carbons (Fsp3) is 0.222. The van der Waals surface area contributed by atoms with E-state index in [1.54, 1.807) is 18.1 Å². The van der Waals surface area contributed by atoms with E-state index in [1.165, 1.54) is 23.1 Å². The van der Waals surface area contributed by atoms with Crippen molar-refractivity contribution < 1.29 is 14.3 Å². The number of halogens is 1. The number of carbonyl (C=O) groups excluding carboxylic acids is 2. The van der Waals surface area contributed by atoms with Gasteiger partial charge in [-0.25, -0.2) is 0 Å². The number of ketones is 1. The fourth-order valence-electron chi connectivity index (χ4n) is 4.75. The molecule has 0 bridgehead atoms. The molecule has 1 amide bonds. The van der Waals surface area contributed by atoms with Crippen LogP contribution in [0.15, 0.2) is 80.0 Å². The van der Waals surface area contributed by atoms with E-state index in [9.17, 15) is 14.9 Å². The Labute approximate surface area is 241 Å². The lowest BCUT2D eigenvalue weighted by Gasteiger charge is -2.38. The first-order valence-electron chi connectivity index (χ1n) is 12.0. The molecule has 0 fully saturated rings. The van der Waals surface area contributed by atoms with Crippen LogP contribution >= 0.6 is 39.0 Å². The van der Waals surface area contributed by atoms with E-state index in [-0.39, 0.29) is 28.8 Å². The predicted octanol–water partition coefficient (Wildman–Crippen LogP) is 5.34. The Morgan fingerprint density at radius 1 is 1.26 bits per heavy atom. The lowest BCUT2D eigenvalue weighted by Crippen LogP contribution is -2.38. The van der Waals surface area contributed by atoms with E-state index in [4.69, 9.17) is 10.5 Å². The number of Topliss-reactive ketones (excluding diaryl/α,β-unsaturated/α-hetero) is 1. The quantitative estimate of drug-likeness (QED) is 0.334. The van der Waals surface area contributed by atoms with Crippen molar-refractivity contribution in [2.75, 3.05) is 23.1 Å². The molecule has 2 aromatic carbocycles. The molecule has 1 aromatic heterocycles. The average molecular weight is 624 g/mol. The van der Waals surface area contributed by atoms with Gasteiger partial charge in [0.25, 0.3) is 0 Å². The highest BCUT2D eigenvalue weighted by Gasteiger charge is 2.42. The standard InChI is InChI=1S/C27H23BrN6O3S2/c1-37-21-12-5-2-7-15(21)23-16(13-29)25(30)34(19-10-6-11-20(35)24(19)23)26-32-33-27(39-26)38-14-22(36)31-18-9-4-3-8-17(18)28/h2-5,7-9,12,23H,6,10-11,14,30H2,1H3,(H,31,36). The third kappa shape index (κ3) is 5.30. The number of para-hydroxylation sites is 2. The molecule has 9 nitrogen and oxygen atoms in total. The van der Waals surface area contributed by atoms with Gasteiger partial charge in [-0.3, -0.25) is 14.5 Å². The van der Waals surface area contributed by atoms with Crippen molar-refractivity contribution in [1.29, 1.82) is 5.26 Å². The number of allylic oxidation sites excluding steroid dienone is 3. The van der Waals surface area contributed by atoms with Gasteiger partial charge in [-0.15, -0.1) is 10.2 Å². The second-order valence-electron chi connectivity index (χ2n) is 8.73. The lowest BCUT2D eigenvalue weighted by molar-refractivity contribution is -0.116. The molecule has 3 N–H and O–H groups in total. The Morgan fingerprint density at radius 2 is 2.03 bits per heavy atom. The number of ether oxygens (including phenoxy) is 1. The first-order chi connectivity index (χ1) is 18.9. The zero-order chi connectivity index (χ0) is 27.5. The molecule has 3 aromatic rings. The molecule has 1 unspecified atom stereocenters. The topological polar surface area (TPSA) is 134 Å². The number of amides is 1. The van der Waals surface area contributed by atoms with Crippen LogP contribution in [0.5, 0.6) is 5.75 Å². The number of rotatable bonds is 7. The number of nitrogens with two attached hydrogens (primary N) is 1. The number of thioether (sulfide) groups is 1. The van der Waals surface area contributed by atoms with E-state index < -0.39 is 5.92 Å². The van der Waals surface area contributed by atoms with Gasteiger partial charge < -0.3 is 15.8 Å².